The number of carbonyl (C=O) groups excluding carboxylic acids is 1. The van der Waals surface area contributed by atoms with Crippen LogP contribution < -0.4 is 11.1 Å². The molecular formula is C17H30Cl2N4O3S. The van der Waals surface area contributed by atoms with E-state index in [1.807, 2.05) is 18.7 Å². The molecule has 0 aromatic heterocycles. The molecule has 27 heavy (non-hydrogen) atoms. The monoisotopic (exact) mass is 440 g/mol. The molecule has 1 fully saturated rings. The summed E-state index contributed by atoms with van der Waals surface area (Å²) in [5.74, 6) is 0.204. The molecule has 0 bridgehead atoms. The minimum atomic E-state index is -3.46. The van der Waals surface area contributed by atoms with Crippen LogP contribution in [0.2, 0.25) is 0 Å². The molecule has 1 aliphatic rings. The van der Waals surface area contributed by atoms with Gasteiger partial charge in [0.25, 0.3) is 0 Å². The van der Waals surface area contributed by atoms with Crippen molar-refractivity contribution < 1.29 is 13.2 Å². The standard InChI is InChI=1S/C17H28N4O3S.2ClH/c1-14-3-5-16(6-4-14)25(23,24)21-9-7-20(8-10-21)13-17(22)19-12-15(2)11-18;;/h3-6,15H,7-13,18H2,1-2H3,(H,19,22);2*1H. The molecule has 0 saturated carbocycles. The van der Waals surface area contributed by atoms with E-state index >= 15 is 0 Å². The number of hydrogen-bond donors (Lipinski definition) is 2. The van der Waals surface area contributed by atoms with Crippen LogP contribution in [-0.2, 0) is 14.8 Å². The van der Waals surface area contributed by atoms with Crippen molar-refractivity contribution in [3.05, 3.63) is 29.8 Å². The number of sulfonamides is 1. The molecule has 0 radical (unpaired) electrons. The minimum absolute atomic E-state index is 0. The third-order valence-electron chi connectivity index (χ3n) is 4.41. The Morgan fingerprint density at radius 3 is 2.22 bits per heavy atom. The summed E-state index contributed by atoms with van der Waals surface area (Å²) in [5.41, 5.74) is 6.56. The second-order valence-corrected chi connectivity index (χ2v) is 8.58. The molecule has 1 aromatic carbocycles. The van der Waals surface area contributed by atoms with Crippen molar-refractivity contribution >= 4 is 40.7 Å². The summed E-state index contributed by atoms with van der Waals surface area (Å²) in [5, 5.41) is 2.86. The molecule has 1 aromatic rings. The first-order valence-electron chi connectivity index (χ1n) is 8.59. The molecule has 1 saturated heterocycles. The first-order valence-corrected chi connectivity index (χ1v) is 10.0. The molecule has 1 unspecified atom stereocenters. The van der Waals surface area contributed by atoms with E-state index in [0.717, 1.165) is 5.56 Å². The van der Waals surface area contributed by atoms with Crippen LogP contribution in [0.5, 0.6) is 0 Å². The second-order valence-electron chi connectivity index (χ2n) is 6.64. The average Bonchev–Trinajstić information content (AvgIpc) is 2.60. The summed E-state index contributed by atoms with van der Waals surface area (Å²) in [6.07, 6.45) is 0. The Balaban J connectivity index is 0.00000338. The van der Waals surface area contributed by atoms with E-state index < -0.39 is 10.0 Å². The Morgan fingerprint density at radius 1 is 1.15 bits per heavy atom. The van der Waals surface area contributed by atoms with Crippen molar-refractivity contribution in [2.75, 3.05) is 45.8 Å². The van der Waals surface area contributed by atoms with E-state index in [-0.39, 0.29) is 43.2 Å². The largest absolute Gasteiger partial charge is 0.355 e. The fourth-order valence-electron chi connectivity index (χ4n) is 2.62. The molecule has 156 valence electrons. The number of aryl methyl sites for hydroxylation is 1. The van der Waals surface area contributed by atoms with Gasteiger partial charge in [0.05, 0.1) is 11.4 Å². The van der Waals surface area contributed by atoms with Crippen LogP contribution in [0.4, 0.5) is 0 Å². The summed E-state index contributed by atoms with van der Waals surface area (Å²) in [6.45, 7) is 7.17. The minimum Gasteiger partial charge on any atom is -0.355 e. The number of nitrogens with one attached hydrogen (secondary N) is 1. The molecule has 1 amide bonds. The highest BCUT2D eigenvalue weighted by molar-refractivity contribution is 7.89. The summed E-state index contributed by atoms with van der Waals surface area (Å²) >= 11 is 0. The van der Waals surface area contributed by atoms with E-state index in [4.69, 9.17) is 5.73 Å². The molecular weight excluding hydrogens is 411 g/mol. The van der Waals surface area contributed by atoms with Crippen LogP contribution >= 0.6 is 24.8 Å². The van der Waals surface area contributed by atoms with Crippen molar-refractivity contribution in [1.29, 1.82) is 0 Å². The van der Waals surface area contributed by atoms with E-state index in [1.54, 1.807) is 24.3 Å². The van der Waals surface area contributed by atoms with Crippen molar-refractivity contribution in [2.24, 2.45) is 11.7 Å². The number of amides is 1. The van der Waals surface area contributed by atoms with E-state index in [1.165, 1.54) is 4.31 Å². The lowest BCUT2D eigenvalue weighted by Gasteiger charge is -2.33. The predicted molar refractivity (Wildman–Crippen MR) is 112 cm³/mol. The Hall–Kier alpha value is -0.900. The SMILES string of the molecule is Cc1ccc(S(=O)(=O)N2CCN(CC(=O)NCC(C)CN)CC2)cc1.Cl.Cl. The van der Waals surface area contributed by atoms with Crippen LogP contribution in [0.25, 0.3) is 0 Å². The lowest BCUT2D eigenvalue weighted by Crippen LogP contribution is -2.51. The number of nitrogens with zero attached hydrogens (tertiary/aromatic N) is 2. The summed E-state index contributed by atoms with van der Waals surface area (Å²) in [4.78, 5) is 14.2. The van der Waals surface area contributed by atoms with Gasteiger partial charge >= 0.3 is 0 Å². The lowest BCUT2D eigenvalue weighted by atomic mass is 10.2. The van der Waals surface area contributed by atoms with Gasteiger partial charge in [0.1, 0.15) is 0 Å². The Morgan fingerprint density at radius 2 is 1.70 bits per heavy atom. The third kappa shape index (κ3) is 7.56. The predicted octanol–water partition coefficient (Wildman–Crippen LogP) is 0.856. The first kappa shape index (κ1) is 26.1. The molecule has 2 rings (SSSR count). The molecule has 1 atom stereocenters. The van der Waals surface area contributed by atoms with Gasteiger partial charge in [-0.1, -0.05) is 24.6 Å². The molecule has 1 heterocycles. The fraction of sp³-hybridized carbons (Fsp3) is 0.588. The maximum absolute atomic E-state index is 12.7. The highest BCUT2D eigenvalue weighted by atomic mass is 35.5. The van der Waals surface area contributed by atoms with Gasteiger partial charge in [-0.2, -0.15) is 4.31 Å². The van der Waals surface area contributed by atoms with Crippen LogP contribution in [0.1, 0.15) is 12.5 Å². The second kappa shape index (κ2) is 11.8. The normalized spacial score (nSPS) is 16.7. The summed E-state index contributed by atoms with van der Waals surface area (Å²) in [6, 6.07) is 6.89. The van der Waals surface area contributed by atoms with Gasteiger partial charge in [0.15, 0.2) is 0 Å². The quantitative estimate of drug-likeness (QED) is 0.655. The Bertz CT molecular complexity index is 678. The fourth-order valence-corrected chi connectivity index (χ4v) is 4.04. The average molecular weight is 441 g/mol. The smallest absolute Gasteiger partial charge is 0.243 e. The maximum atomic E-state index is 12.7. The Kier molecular flexibility index (Phi) is 11.4. The molecule has 7 nitrogen and oxygen atoms in total. The van der Waals surface area contributed by atoms with Crippen molar-refractivity contribution in [1.82, 2.24) is 14.5 Å². The first-order chi connectivity index (χ1) is 11.8. The van der Waals surface area contributed by atoms with Crippen LogP contribution in [0, 0.1) is 12.8 Å². The topological polar surface area (TPSA) is 95.7 Å². The lowest BCUT2D eigenvalue weighted by molar-refractivity contribution is -0.122. The number of halogens is 2. The van der Waals surface area contributed by atoms with Gasteiger partial charge in [-0.15, -0.1) is 24.8 Å². The van der Waals surface area contributed by atoms with Gasteiger partial charge in [-0.25, -0.2) is 8.42 Å². The van der Waals surface area contributed by atoms with E-state index in [2.05, 4.69) is 5.32 Å². The number of hydrogen-bond acceptors (Lipinski definition) is 5. The van der Waals surface area contributed by atoms with Crippen molar-refractivity contribution in [2.45, 2.75) is 18.7 Å². The van der Waals surface area contributed by atoms with Gasteiger partial charge in [-0.3, -0.25) is 9.69 Å². The van der Waals surface area contributed by atoms with Crippen LogP contribution in [0.3, 0.4) is 0 Å². The summed E-state index contributed by atoms with van der Waals surface area (Å²) < 4.78 is 26.8. The highest BCUT2D eigenvalue weighted by Gasteiger charge is 2.28. The third-order valence-corrected chi connectivity index (χ3v) is 6.32. The van der Waals surface area contributed by atoms with Crippen molar-refractivity contribution in [3.8, 4) is 0 Å². The summed E-state index contributed by atoms with van der Waals surface area (Å²) in [7, 11) is -3.46. The number of benzene rings is 1. The number of piperazine rings is 1. The van der Waals surface area contributed by atoms with E-state index in [9.17, 15) is 13.2 Å². The van der Waals surface area contributed by atoms with Crippen LogP contribution in [-0.4, -0.2) is 69.3 Å². The molecule has 0 aliphatic carbocycles. The van der Waals surface area contributed by atoms with Gasteiger partial charge in [-0.05, 0) is 31.5 Å². The number of carbonyl (C=O) groups is 1. The van der Waals surface area contributed by atoms with Crippen molar-refractivity contribution in [3.63, 3.8) is 0 Å². The molecule has 10 heteroatoms. The maximum Gasteiger partial charge on any atom is 0.243 e. The van der Waals surface area contributed by atoms with Crippen LogP contribution in [0.15, 0.2) is 29.2 Å². The highest BCUT2D eigenvalue weighted by Crippen LogP contribution is 2.18. The molecule has 3 N–H and O–H groups in total. The Labute approximate surface area is 174 Å². The zero-order valence-corrected chi connectivity index (χ0v) is 18.2. The number of nitrogens with two attached hydrogens (primary N) is 1. The van der Waals surface area contributed by atoms with E-state index in [0.29, 0.717) is 44.2 Å². The van der Waals surface area contributed by atoms with Gasteiger partial charge in [0.2, 0.25) is 15.9 Å². The van der Waals surface area contributed by atoms with Gasteiger partial charge < -0.3 is 11.1 Å². The molecule has 1 aliphatic heterocycles. The zero-order chi connectivity index (χ0) is 18.4. The van der Waals surface area contributed by atoms with Gasteiger partial charge in [0, 0.05) is 32.7 Å². The molecule has 0 spiro atoms. The zero-order valence-electron chi connectivity index (χ0n) is 15.8. The number of rotatable bonds is 7.